The molecule has 0 atom stereocenters. The van der Waals surface area contributed by atoms with Gasteiger partial charge >= 0.3 is 0 Å². The molecule has 2 rings (SSSR count). The molecule has 0 spiro atoms. The summed E-state index contributed by atoms with van der Waals surface area (Å²) in [6.07, 6.45) is 0. The largest absolute Gasteiger partial charge is 0.361 e. The summed E-state index contributed by atoms with van der Waals surface area (Å²) in [5, 5.41) is 5.68. The monoisotopic (exact) mass is 289 g/mol. The highest BCUT2D eigenvalue weighted by Gasteiger charge is 2.16. The molecular formula is C14H15N3O2S. The highest BCUT2D eigenvalue weighted by Crippen LogP contribution is 2.16. The van der Waals surface area contributed by atoms with Crippen LogP contribution in [0.25, 0.3) is 0 Å². The van der Waals surface area contributed by atoms with Gasteiger partial charge in [-0.3, -0.25) is 4.79 Å². The van der Waals surface area contributed by atoms with E-state index in [1.807, 2.05) is 11.4 Å². The fourth-order valence-corrected chi connectivity index (χ4v) is 2.52. The Hall–Kier alpha value is -2.10. The highest BCUT2D eigenvalue weighted by atomic mass is 32.1. The summed E-state index contributed by atoms with van der Waals surface area (Å²) in [7, 11) is 1.73. The topological polar surface area (TPSA) is 72.4 Å². The van der Waals surface area contributed by atoms with Crippen molar-refractivity contribution in [3.05, 3.63) is 39.4 Å². The van der Waals surface area contributed by atoms with Crippen LogP contribution in [-0.2, 0) is 6.54 Å². The number of carbonyl (C=O) groups is 1. The van der Waals surface area contributed by atoms with E-state index >= 15 is 0 Å². The number of amides is 1. The second-order valence-electron chi connectivity index (χ2n) is 4.29. The van der Waals surface area contributed by atoms with Gasteiger partial charge in [0.05, 0.1) is 13.1 Å². The summed E-state index contributed by atoms with van der Waals surface area (Å²) in [5.41, 5.74) is 6.58. The number of aryl methyl sites for hydroxylation is 1. The molecule has 0 saturated heterocycles. The molecule has 5 nitrogen and oxygen atoms in total. The Morgan fingerprint density at radius 3 is 3.00 bits per heavy atom. The average molecular weight is 289 g/mol. The van der Waals surface area contributed by atoms with Gasteiger partial charge in [0, 0.05) is 28.9 Å². The second kappa shape index (κ2) is 6.37. The van der Waals surface area contributed by atoms with Gasteiger partial charge < -0.3 is 15.2 Å². The minimum absolute atomic E-state index is 0.162. The van der Waals surface area contributed by atoms with Crippen molar-refractivity contribution in [3.8, 4) is 11.8 Å². The summed E-state index contributed by atoms with van der Waals surface area (Å²) in [6.45, 7) is 2.61. The Labute approximate surface area is 121 Å². The summed E-state index contributed by atoms with van der Waals surface area (Å²) < 4.78 is 4.91. The van der Waals surface area contributed by atoms with Crippen molar-refractivity contribution < 1.29 is 9.32 Å². The molecule has 104 valence electrons. The smallest absolute Gasteiger partial charge is 0.276 e. The van der Waals surface area contributed by atoms with Crippen molar-refractivity contribution in [3.63, 3.8) is 0 Å². The highest BCUT2D eigenvalue weighted by molar-refractivity contribution is 7.10. The molecule has 0 aliphatic rings. The first-order valence-electron chi connectivity index (χ1n) is 6.05. The standard InChI is InChI=1S/C14H15N3O2S/c1-10-6-13(16-19-10)14(18)17(2)8-12-7-11(9-20-12)4-3-5-15/h6-7,9H,5,8,15H2,1-2H3. The molecule has 6 heteroatoms. The molecule has 2 aromatic heterocycles. The zero-order valence-corrected chi connectivity index (χ0v) is 12.2. The molecule has 0 saturated carbocycles. The summed E-state index contributed by atoms with van der Waals surface area (Å²) in [6, 6.07) is 3.59. The predicted molar refractivity (Wildman–Crippen MR) is 77.3 cm³/mol. The lowest BCUT2D eigenvalue weighted by Gasteiger charge is -2.13. The van der Waals surface area contributed by atoms with Crippen molar-refractivity contribution in [1.29, 1.82) is 0 Å². The third-order valence-electron chi connectivity index (χ3n) is 2.58. The van der Waals surface area contributed by atoms with Crippen LogP contribution < -0.4 is 5.73 Å². The van der Waals surface area contributed by atoms with E-state index < -0.39 is 0 Å². The summed E-state index contributed by atoms with van der Waals surface area (Å²) in [5.74, 6) is 6.23. The SMILES string of the molecule is Cc1cc(C(=O)N(C)Cc2cc(C#CCN)cs2)no1. The van der Waals surface area contributed by atoms with Gasteiger partial charge in [-0.25, -0.2) is 0 Å². The van der Waals surface area contributed by atoms with E-state index in [2.05, 4.69) is 17.0 Å². The molecule has 0 bridgehead atoms. The normalized spacial score (nSPS) is 9.95. The molecule has 2 aromatic rings. The van der Waals surface area contributed by atoms with Crippen LogP contribution in [-0.4, -0.2) is 29.6 Å². The van der Waals surface area contributed by atoms with Crippen LogP contribution >= 0.6 is 11.3 Å². The van der Waals surface area contributed by atoms with Crippen LogP contribution in [0.1, 0.15) is 26.7 Å². The minimum Gasteiger partial charge on any atom is -0.361 e. The molecule has 1 amide bonds. The van der Waals surface area contributed by atoms with Crippen molar-refractivity contribution in [1.82, 2.24) is 10.1 Å². The summed E-state index contributed by atoms with van der Waals surface area (Å²) in [4.78, 5) is 14.8. The van der Waals surface area contributed by atoms with E-state index in [9.17, 15) is 4.79 Å². The van der Waals surface area contributed by atoms with Gasteiger partial charge in [0.1, 0.15) is 5.76 Å². The minimum atomic E-state index is -0.162. The molecule has 0 aliphatic heterocycles. The molecule has 20 heavy (non-hydrogen) atoms. The fraction of sp³-hybridized carbons (Fsp3) is 0.286. The van der Waals surface area contributed by atoms with Crippen molar-refractivity contribution >= 4 is 17.2 Å². The third-order valence-corrected chi connectivity index (χ3v) is 3.50. The lowest BCUT2D eigenvalue weighted by Crippen LogP contribution is -2.26. The van der Waals surface area contributed by atoms with E-state index in [1.54, 1.807) is 36.3 Å². The Balaban J connectivity index is 2.02. The maximum Gasteiger partial charge on any atom is 0.276 e. The number of hydrogen-bond donors (Lipinski definition) is 1. The number of carbonyl (C=O) groups excluding carboxylic acids is 1. The van der Waals surface area contributed by atoms with Gasteiger partial charge in [0.15, 0.2) is 5.69 Å². The Kier molecular flexibility index (Phi) is 4.56. The molecular weight excluding hydrogens is 274 g/mol. The Morgan fingerprint density at radius 2 is 2.35 bits per heavy atom. The molecule has 0 fully saturated rings. The van der Waals surface area contributed by atoms with Crippen LogP contribution in [0.5, 0.6) is 0 Å². The van der Waals surface area contributed by atoms with Gasteiger partial charge in [0.2, 0.25) is 0 Å². The van der Waals surface area contributed by atoms with Gasteiger partial charge in [-0.1, -0.05) is 17.0 Å². The first-order chi connectivity index (χ1) is 9.60. The molecule has 2 heterocycles. The molecule has 0 aromatic carbocycles. The number of thiophene rings is 1. The Morgan fingerprint density at radius 1 is 1.55 bits per heavy atom. The van der Waals surface area contributed by atoms with Crippen molar-refractivity contribution in [2.24, 2.45) is 5.73 Å². The second-order valence-corrected chi connectivity index (χ2v) is 5.29. The molecule has 2 N–H and O–H groups in total. The molecule has 0 unspecified atom stereocenters. The van der Waals surface area contributed by atoms with E-state index in [-0.39, 0.29) is 5.91 Å². The average Bonchev–Trinajstić information content (AvgIpc) is 3.04. The zero-order valence-electron chi connectivity index (χ0n) is 11.3. The molecule has 0 aliphatic carbocycles. The maximum absolute atomic E-state index is 12.1. The van der Waals surface area contributed by atoms with Gasteiger partial charge in [0.25, 0.3) is 5.91 Å². The van der Waals surface area contributed by atoms with Gasteiger partial charge in [-0.2, -0.15) is 0 Å². The van der Waals surface area contributed by atoms with Crippen LogP contribution in [0.3, 0.4) is 0 Å². The lowest BCUT2D eigenvalue weighted by atomic mass is 10.3. The molecule has 0 radical (unpaired) electrons. The van der Waals surface area contributed by atoms with E-state index in [0.29, 0.717) is 24.5 Å². The van der Waals surface area contributed by atoms with Gasteiger partial charge in [-0.05, 0) is 13.0 Å². The van der Waals surface area contributed by atoms with Crippen molar-refractivity contribution in [2.75, 3.05) is 13.6 Å². The first-order valence-corrected chi connectivity index (χ1v) is 6.93. The van der Waals surface area contributed by atoms with Crippen LogP contribution in [0, 0.1) is 18.8 Å². The van der Waals surface area contributed by atoms with Gasteiger partial charge in [-0.15, -0.1) is 11.3 Å². The summed E-state index contributed by atoms with van der Waals surface area (Å²) >= 11 is 1.57. The zero-order chi connectivity index (χ0) is 14.5. The maximum atomic E-state index is 12.1. The van der Waals surface area contributed by atoms with E-state index in [1.165, 1.54) is 0 Å². The van der Waals surface area contributed by atoms with Crippen molar-refractivity contribution in [2.45, 2.75) is 13.5 Å². The van der Waals surface area contributed by atoms with Crippen LogP contribution in [0.4, 0.5) is 0 Å². The predicted octanol–water partition coefficient (Wildman–Crippen LogP) is 1.63. The van der Waals surface area contributed by atoms with E-state index in [0.717, 1.165) is 10.4 Å². The number of rotatable bonds is 3. The first kappa shape index (κ1) is 14.3. The van der Waals surface area contributed by atoms with Crippen LogP contribution in [0.2, 0.25) is 0 Å². The lowest BCUT2D eigenvalue weighted by molar-refractivity contribution is 0.0776. The fourth-order valence-electron chi connectivity index (χ4n) is 1.65. The number of nitrogens with two attached hydrogens (primary N) is 1. The number of aromatic nitrogens is 1. The Bertz CT molecular complexity index is 663. The quantitative estimate of drug-likeness (QED) is 0.872. The van der Waals surface area contributed by atoms with Crippen LogP contribution in [0.15, 0.2) is 22.0 Å². The number of hydrogen-bond acceptors (Lipinski definition) is 5. The number of nitrogens with zero attached hydrogens (tertiary/aromatic N) is 2. The third kappa shape index (κ3) is 3.47. The van der Waals surface area contributed by atoms with E-state index in [4.69, 9.17) is 10.3 Å².